The number of carbonyl (C=O) groups excluding carboxylic acids is 2. The molecule has 2 N–H and O–H groups in total. The number of thiophene rings is 1. The van der Waals surface area contributed by atoms with Gasteiger partial charge in [0.05, 0.1) is 10.6 Å². The number of amides is 2. The van der Waals surface area contributed by atoms with Gasteiger partial charge in [0.25, 0.3) is 11.8 Å². The molecule has 0 aliphatic rings. The lowest BCUT2D eigenvalue weighted by Crippen LogP contribution is -2.25. The van der Waals surface area contributed by atoms with Crippen LogP contribution in [0.1, 0.15) is 38.2 Å². The second-order valence-corrected chi connectivity index (χ2v) is 8.45. The third kappa shape index (κ3) is 6.02. The summed E-state index contributed by atoms with van der Waals surface area (Å²) in [6.45, 7) is 7.57. The standard InChI is InChI=1S/C24H25N3O3S/c1-15-7-5-10-21(17(15)3)30-14-23(28)27-26-18(4)19-8-6-9-20(13-19)25-24(29)22-12-11-16(2)31-22/h5-13H,14H2,1-4H3,(H,25,29)(H,27,28). The molecule has 3 aromatic rings. The zero-order chi connectivity index (χ0) is 22.4. The second-order valence-electron chi connectivity index (χ2n) is 7.16. The molecule has 0 atom stereocenters. The normalized spacial score (nSPS) is 11.2. The number of carbonyl (C=O) groups is 2. The van der Waals surface area contributed by atoms with Crippen LogP contribution in [0.2, 0.25) is 0 Å². The first-order valence-electron chi connectivity index (χ1n) is 9.84. The molecular weight excluding hydrogens is 410 g/mol. The number of hydrogen-bond donors (Lipinski definition) is 2. The molecule has 1 aromatic heterocycles. The zero-order valence-corrected chi connectivity index (χ0v) is 18.8. The van der Waals surface area contributed by atoms with E-state index in [1.807, 2.05) is 75.4 Å². The van der Waals surface area contributed by atoms with Crippen LogP contribution in [0.15, 0.2) is 59.7 Å². The van der Waals surface area contributed by atoms with E-state index in [9.17, 15) is 9.59 Å². The lowest BCUT2D eigenvalue weighted by molar-refractivity contribution is -0.123. The first-order chi connectivity index (χ1) is 14.8. The van der Waals surface area contributed by atoms with E-state index >= 15 is 0 Å². The van der Waals surface area contributed by atoms with Gasteiger partial charge >= 0.3 is 0 Å². The van der Waals surface area contributed by atoms with Gasteiger partial charge in [0, 0.05) is 10.6 Å². The van der Waals surface area contributed by atoms with Crippen molar-refractivity contribution in [2.24, 2.45) is 5.10 Å². The average Bonchev–Trinajstić information content (AvgIpc) is 3.19. The fraction of sp³-hybridized carbons (Fsp3) is 0.208. The number of benzene rings is 2. The van der Waals surface area contributed by atoms with Gasteiger partial charge in [0.15, 0.2) is 6.61 Å². The lowest BCUT2D eigenvalue weighted by atomic mass is 10.1. The largest absolute Gasteiger partial charge is 0.483 e. The number of hydrazone groups is 1. The van der Waals surface area contributed by atoms with Crippen LogP contribution in [-0.2, 0) is 4.79 Å². The van der Waals surface area contributed by atoms with Crippen molar-refractivity contribution in [2.75, 3.05) is 11.9 Å². The summed E-state index contributed by atoms with van der Waals surface area (Å²) in [5.41, 5.74) is 6.68. The van der Waals surface area contributed by atoms with Gasteiger partial charge in [-0.05, 0) is 74.7 Å². The summed E-state index contributed by atoms with van der Waals surface area (Å²) in [7, 11) is 0. The second kappa shape index (κ2) is 10.0. The minimum Gasteiger partial charge on any atom is -0.483 e. The van der Waals surface area contributed by atoms with Crippen LogP contribution in [0.25, 0.3) is 0 Å². The maximum absolute atomic E-state index is 12.4. The third-order valence-electron chi connectivity index (χ3n) is 4.76. The van der Waals surface area contributed by atoms with Gasteiger partial charge in [-0.2, -0.15) is 5.10 Å². The Morgan fingerprint density at radius 2 is 1.81 bits per heavy atom. The molecule has 160 valence electrons. The SMILES string of the molecule is CC(=NNC(=O)COc1cccc(C)c1C)c1cccc(NC(=O)c2ccc(C)s2)c1. The van der Waals surface area contributed by atoms with E-state index in [1.54, 1.807) is 6.92 Å². The maximum Gasteiger partial charge on any atom is 0.277 e. The molecule has 0 radical (unpaired) electrons. The van der Waals surface area contributed by atoms with Crippen molar-refractivity contribution in [3.05, 3.63) is 81.0 Å². The summed E-state index contributed by atoms with van der Waals surface area (Å²) >= 11 is 1.45. The van der Waals surface area contributed by atoms with Crippen LogP contribution in [0.5, 0.6) is 5.75 Å². The molecule has 0 fully saturated rings. The Morgan fingerprint density at radius 1 is 1.03 bits per heavy atom. The van der Waals surface area contributed by atoms with Gasteiger partial charge in [-0.1, -0.05) is 24.3 Å². The highest BCUT2D eigenvalue weighted by Crippen LogP contribution is 2.20. The van der Waals surface area contributed by atoms with Crippen molar-refractivity contribution >= 4 is 34.6 Å². The van der Waals surface area contributed by atoms with Gasteiger partial charge < -0.3 is 10.1 Å². The molecule has 6 nitrogen and oxygen atoms in total. The molecule has 0 aliphatic carbocycles. The molecule has 0 spiro atoms. The molecule has 31 heavy (non-hydrogen) atoms. The monoisotopic (exact) mass is 435 g/mol. The van der Waals surface area contributed by atoms with E-state index in [-0.39, 0.29) is 18.4 Å². The van der Waals surface area contributed by atoms with Crippen LogP contribution in [-0.4, -0.2) is 24.1 Å². The summed E-state index contributed by atoms with van der Waals surface area (Å²) in [5, 5.41) is 7.04. The number of hydrogen-bond acceptors (Lipinski definition) is 5. The van der Waals surface area contributed by atoms with E-state index in [1.165, 1.54) is 11.3 Å². The topological polar surface area (TPSA) is 79.8 Å². The van der Waals surface area contributed by atoms with Gasteiger partial charge in [-0.25, -0.2) is 5.43 Å². The average molecular weight is 436 g/mol. The molecule has 3 rings (SSSR count). The van der Waals surface area contributed by atoms with Gasteiger partial charge in [0.1, 0.15) is 5.75 Å². The molecule has 0 saturated carbocycles. The fourth-order valence-electron chi connectivity index (χ4n) is 2.84. The highest BCUT2D eigenvalue weighted by atomic mass is 32.1. The predicted octanol–water partition coefficient (Wildman–Crippen LogP) is 4.84. The molecule has 1 heterocycles. The van der Waals surface area contributed by atoms with Crippen molar-refractivity contribution in [2.45, 2.75) is 27.7 Å². The van der Waals surface area contributed by atoms with Crippen LogP contribution in [0, 0.1) is 20.8 Å². The van der Waals surface area contributed by atoms with Crippen molar-refractivity contribution in [3.8, 4) is 5.75 Å². The maximum atomic E-state index is 12.4. The van der Waals surface area contributed by atoms with E-state index < -0.39 is 0 Å². The molecule has 0 saturated heterocycles. The Morgan fingerprint density at radius 3 is 2.55 bits per heavy atom. The number of nitrogens with one attached hydrogen (secondary N) is 2. The minimum absolute atomic E-state index is 0.128. The summed E-state index contributed by atoms with van der Waals surface area (Å²) in [5.74, 6) is 0.180. The van der Waals surface area contributed by atoms with Crippen LogP contribution < -0.4 is 15.5 Å². The van der Waals surface area contributed by atoms with Crippen LogP contribution in [0.3, 0.4) is 0 Å². The summed E-state index contributed by atoms with van der Waals surface area (Å²) in [6, 6.07) is 16.8. The fourth-order valence-corrected chi connectivity index (χ4v) is 3.60. The van der Waals surface area contributed by atoms with E-state index in [2.05, 4.69) is 15.8 Å². The van der Waals surface area contributed by atoms with Gasteiger partial charge in [-0.3, -0.25) is 9.59 Å². The molecular formula is C24H25N3O3S. The van der Waals surface area contributed by atoms with Crippen molar-refractivity contribution in [1.29, 1.82) is 0 Å². The number of nitrogens with zero attached hydrogens (tertiary/aromatic N) is 1. The summed E-state index contributed by atoms with van der Waals surface area (Å²) < 4.78 is 5.60. The quantitative estimate of drug-likeness (QED) is 0.411. The molecule has 2 aromatic carbocycles. The highest BCUT2D eigenvalue weighted by Gasteiger charge is 2.10. The van der Waals surface area contributed by atoms with Crippen molar-refractivity contribution in [1.82, 2.24) is 5.43 Å². The molecule has 2 amide bonds. The first-order valence-corrected chi connectivity index (χ1v) is 10.7. The smallest absolute Gasteiger partial charge is 0.277 e. The number of aryl methyl sites for hydroxylation is 2. The minimum atomic E-state index is -0.349. The lowest BCUT2D eigenvalue weighted by Gasteiger charge is -2.10. The Hall–Kier alpha value is -3.45. The van der Waals surface area contributed by atoms with Crippen LogP contribution in [0.4, 0.5) is 5.69 Å². The summed E-state index contributed by atoms with van der Waals surface area (Å²) in [6.07, 6.45) is 0. The van der Waals surface area contributed by atoms with Crippen molar-refractivity contribution in [3.63, 3.8) is 0 Å². The first kappa shape index (κ1) is 22.2. The number of ether oxygens (including phenoxy) is 1. The molecule has 0 aliphatic heterocycles. The molecule has 7 heteroatoms. The van der Waals surface area contributed by atoms with Gasteiger partial charge in [0.2, 0.25) is 0 Å². The Labute approximate surface area is 186 Å². The van der Waals surface area contributed by atoms with E-state index in [0.717, 1.165) is 21.6 Å². The highest BCUT2D eigenvalue weighted by molar-refractivity contribution is 7.14. The Kier molecular flexibility index (Phi) is 7.20. The van der Waals surface area contributed by atoms with Gasteiger partial charge in [-0.15, -0.1) is 11.3 Å². The predicted molar refractivity (Wildman–Crippen MR) is 125 cm³/mol. The van der Waals surface area contributed by atoms with E-state index in [0.29, 0.717) is 22.0 Å². The number of anilines is 1. The Bertz CT molecular complexity index is 1130. The van der Waals surface area contributed by atoms with E-state index in [4.69, 9.17) is 4.74 Å². The molecule has 0 unspecified atom stereocenters. The number of rotatable bonds is 7. The summed E-state index contributed by atoms with van der Waals surface area (Å²) in [4.78, 5) is 26.2. The molecule has 0 bridgehead atoms. The Balaban J connectivity index is 1.58. The third-order valence-corrected chi connectivity index (χ3v) is 5.76. The van der Waals surface area contributed by atoms with Crippen LogP contribution >= 0.6 is 11.3 Å². The van der Waals surface area contributed by atoms with Crippen molar-refractivity contribution < 1.29 is 14.3 Å². The zero-order valence-electron chi connectivity index (χ0n) is 18.0.